The lowest BCUT2D eigenvalue weighted by atomic mass is 9.89. The first kappa shape index (κ1) is 16.6. The highest BCUT2D eigenvalue weighted by Gasteiger charge is 2.46. The van der Waals surface area contributed by atoms with Crippen molar-refractivity contribution in [3.63, 3.8) is 0 Å². The van der Waals surface area contributed by atoms with E-state index in [4.69, 9.17) is 9.47 Å². The normalized spacial score (nSPS) is 23.7. The highest BCUT2D eigenvalue weighted by Crippen LogP contribution is 2.50. The molecular formula is C24H22O2. The Labute approximate surface area is 154 Å². The molecule has 3 aromatic rings. The van der Waals surface area contributed by atoms with E-state index in [-0.39, 0.29) is 5.92 Å². The van der Waals surface area contributed by atoms with Crippen molar-refractivity contribution in [3.8, 4) is 0 Å². The molecule has 3 aromatic carbocycles. The maximum Gasteiger partial charge on any atom is 0.237 e. The summed E-state index contributed by atoms with van der Waals surface area (Å²) in [5.74, 6) is 0.326. The fourth-order valence-electron chi connectivity index (χ4n) is 3.60. The molecule has 0 radical (unpaired) electrons. The number of methoxy groups -OCH3 is 1. The Bertz CT molecular complexity index is 872. The van der Waals surface area contributed by atoms with Gasteiger partial charge in [0.1, 0.15) is 5.76 Å². The Kier molecular flexibility index (Phi) is 4.59. The van der Waals surface area contributed by atoms with Crippen LogP contribution in [0.3, 0.4) is 0 Å². The Hall–Kier alpha value is -2.84. The molecule has 130 valence electrons. The van der Waals surface area contributed by atoms with Crippen molar-refractivity contribution >= 4 is 6.08 Å². The molecule has 2 atom stereocenters. The molecule has 1 heterocycles. The molecular weight excluding hydrogens is 320 g/mol. The van der Waals surface area contributed by atoms with E-state index in [2.05, 4.69) is 54.6 Å². The first-order valence-electron chi connectivity index (χ1n) is 8.92. The molecule has 1 aliphatic rings. The van der Waals surface area contributed by atoms with Gasteiger partial charge < -0.3 is 9.47 Å². The van der Waals surface area contributed by atoms with Crippen LogP contribution in [0.2, 0.25) is 0 Å². The maximum absolute atomic E-state index is 6.49. The molecule has 2 unspecified atom stereocenters. The zero-order chi connectivity index (χ0) is 17.8. The SMILES string of the molecule is COC1(c2ccccc2)CC(c2ccccc2)/C(=C/c2ccccc2)O1. The molecule has 2 heteroatoms. The van der Waals surface area contributed by atoms with Gasteiger partial charge in [-0.1, -0.05) is 91.0 Å². The summed E-state index contributed by atoms with van der Waals surface area (Å²) < 4.78 is 12.4. The molecule has 0 amide bonds. The summed E-state index contributed by atoms with van der Waals surface area (Å²) >= 11 is 0. The fraction of sp³-hybridized carbons (Fsp3) is 0.167. The fourth-order valence-corrected chi connectivity index (χ4v) is 3.60. The van der Waals surface area contributed by atoms with Crippen molar-refractivity contribution < 1.29 is 9.47 Å². The summed E-state index contributed by atoms with van der Waals surface area (Å²) in [6.45, 7) is 0. The Morgan fingerprint density at radius 1 is 0.846 bits per heavy atom. The second-order valence-corrected chi connectivity index (χ2v) is 6.55. The number of rotatable bonds is 4. The summed E-state index contributed by atoms with van der Waals surface area (Å²) in [6.07, 6.45) is 2.87. The number of benzene rings is 3. The Morgan fingerprint density at radius 2 is 1.42 bits per heavy atom. The largest absolute Gasteiger partial charge is 0.462 e. The molecule has 1 aliphatic heterocycles. The van der Waals surface area contributed by atoms with Gasteiger partial charge in [-0.05, 0) is 17.2 Å². The predicted molar refractivity (Wildman–Crippen MR) is 104 cm³/mol. The van der Waals surface area contributed by atoms with Crippen LogP contribution in [0, 0.1) is 0 Å². The number of allylic oxidation sites excluding steroid dienone is 1. The third-order valence-electron chi connectivity index (χ3n) is 4.95. The van der Waals surface area contributed by atoms with E-state index in [1.165, 1.54) is 5.56 Å². The third-order valence-corrected chi connectivity index (χ3v) is 4.95. The topological polar surface area (TPSA) is 18.5 Å². The monoisotopic (exact) mass is 342 g/mol. The molecule has 0 aromatic heterocycles. The predicted octanol–water partition coefficient (Wildman–Crippen LogP) is 5.73. The van der Waals surface area contributed by atoms with E-state index >= 15 is 0 Å². The average molecular weight is 342 g/mol. The zero-order valence-corrected chi connectivity index (χ0v) is 14.8. The summed E-state index contributed by atoms with van der Waals surface area (Å²) in [4.78, 5) is 0. The van der Waals surface area contributed by atoms with Crippen LogP contribution in [0.5, 0.6) is 0 Å². The second-order valence-electron chi connectivity index (χ2n) is 6.55. The summed E-state index contributed by atoms with van der Waals surface area (Å²) in [5.41, 5.74) is 3.41. The van der Waals surface area contributed by atoms with Gasteiger partial charge >= 0.3 is 0 Å². The van der Waals surface area contributed by atoms with Gasteiger partial charge in [0.25, 0.3) is 0 Å². The Morgan fingerprint density at radius 3 is 2.04 bits per heavy atom. The van der Waals surface area contributed by atoms with E-state index < -0.39 is 5.79 Å². The van der Waals surface area contributed by atoms with Crippen LogP contribution in [0.15, 0.2) is 96.8 Å². The highest BCUT2D eigenvalue weighted by atomic mass is 16.7. The number of ether oxygens (including phenoxy) is 2. The van der Waals surface area contributed by atoms with Crippen LogP contribution < -0.4 is 0 Å². The molecule has 4 rings (SSSR count). The van der Waals surface area contributed by atoms with Crippen LogP contribution in [0.25, 0.3) is 6.08 Å². The molecule has 0 N–H and O–H groups in total. The lowest BCUT2D eigenvalue weighted by molar-refractivity contribution is -0.185. The smallest absolute Gasteiger partial charge is 0.237 e. The lowest BCUT2D eigenvalue weighted by Crippen LogP contribution is -2.27. The molecule has 26 heavy (non-hydrogen) atoms. The van der Waals surface area contributed by atoms with E-state index in [1.807, 2.05) is 42.5 Å². The minimum atomic E-state index is -0.762. The average Bonchev–Trinajstić information content (AvgIpc) is 3.10. The lowest BCUT2D eigenvalue weighted by Gasteiger charge is -2.27. The molecule has 2 nitrogen and oxygen atoms in total. The summed E-state index contributed by atoms with van der Waals surface area (Å²) in [5, 5.41) is 0. The van der Waals surface area contributed by atoms with Crippen molar-refractivity contribution in [1.82, 2.24) is 0 Å². The van der Waals surface area contributed by atoms with Crippen molar-refractivity contribution in [2.75, 3.05) is 7.11 Å². The second kappa shape index (κ2) is 7.19. The zero-order valence-electron chi connectivity index (χ0n) is 14.8. The molecule has 0 saturated carbocycles. The van der Waals surface area contributed by atoms with Crippen LogP contribution in [-0.4, -0.2) is 7.11 Å². The molecule has 0 bridgehead atoms. The van der Waals surface area contributed by atoms with Gasteiger partial charge in [-0.25, -0.2) is 0 Å². The Balaban J connectivity index is 1.79. The van der Waals surface area contributed by atoms with Crippen LogP contribution in [-0.2, 0) is 15.3 Å². The van der Waals surface area contributed by atoms with E-state index in [1.54, 1.807) is 7.11 Å². The first-order valence-corrected chi connectivity index (χ1v) is 8.92. The van der Waals surface area contributed by atoms with Crippen molar-refractivity contribution in [2.45, 2.75) is 18.1 Å². The molecule has 1 fully saturated rings. The van der Waals surface area contributed by atoms with Gasteiger partial charge in [0.2, 0.25) is 5.79 Å². The van der Waals surface area contributed by atoms with Gasteiger partial charge in [0.15, 0.2) is 0 Å². The maximum atomic E-state index is 6.49. The van der Waals surface area contributed by atoms with Crippen molar-refractivity contribution in [2.24, 2.45) is 0 Å². The first-order chi connectivity index (χ1) is 12.8. The number of hydrogen-bond acceptors (Lipinski definition) is 2. The van der Waals surface area contributed by atoms with Gasteiger partial charge in [-0.15, -0.1) is 0 Å². The van der Waals surface area contributed by atoms with Crippen LogP contribution in [0.1, 0.15) is 29.0 Å². The number of hydrogen-bond donors (Lipinski definition) is 0. The quantitative estimate of drug-likeness (QED) is 0.603. The summed E-state index contributed by atoms with van der Waals surface area (Å²) in [6, 6.07) is 31.0. The minimum absolute atomic E-state index is 0.150. The molecule has 1 saturated heterocycles. The van der Waals surface area contributed by atoms with Gasteiger partial charge in [0.05, 0.1) is 0 Å². The van der Waals surface area contributed by atoms with E-state index in [9.17, 15) is 0 Å². The highest BCUT2D eigenvalue weighted by molar-refractivity contribution is 5.54. The minimum Gasteiger partial charge on any atom is -0.462 e. The van der Waals surface area contributed by atoms with Gasteiger partial charge in [-0.3, -0.25) is 0 Å². The van der Waals surface area contributed by atoms with Gasteiger partial charge in [0, 0.05) is 25.0 Å². The molecule has 0 aliphatic carbocycles. The van der Waals surface area contributed by atoms with E-state index in [0.29, 0.717) is 0 Å². The third kappa shape index (κ3) is 3.16. The molecule has 0 spiro atoms. The van der Waals surface area contributed by atoms with Crippen molar-refractivity contribution in [3.05, 3.63) is 113 Å². The standard InChI is InChI=1S/C24H22O2/c1-25-24(21-15-9-4-10-16-21)18-22(20-13-7-3-8-14-20)23(26-24)17-19-11-5-2-6-12-19/h2-17,22H,18H2,1H3/b23-17-. The summed E-state index contributed by atoms with van der Waals surface area (Å²) in [7, 11) is 1.72. The van der Waals surface area contributed by atoms with Crippen LogP contribution >= 0.6 is 0 Å². The van der Waals surface area contributed by atoms with Crippen LogP contribution in [0.4, 0.5) is 0 Å². The van der Waals surface area contributed by atoms with E-state index in [0.717, 1.165) is 23.3 Å². The van der Waals surface area contributed by atoms with Gasteiger partial charge in [-0.2, -0.15) is 0 Å². The van der Waals surface area contributed by atoms with Crippen molar-refractivity contribution in [1.29, 1.82) is 0 Å².